The Balaban J connectivity index is 1.22. The maximum Gasteiger partial charge on any atom is 0.178 e. The first-order valence-electron chi connectivity index (χ1n) is 17.8. The SMILES string of the molecule is CC1(C)c2ccccc2-c2c1c1c(c3ccccc23)OC(c2ccc(N3CCCCC3)cc2)(c2ccc(N3CCCCC3)cc2)C=C1. The molecule has 236 valence electrons. The van der Waals surface area contributed by atoms with Gasteiger partial charge in [-0.1, -0.05) is 92.7 Å². The molecule has 0 spiro atoms. The van der Waals surface area contributed by atoms with E-state index in [1.807, 2.05) is 0 Å². The molecule has 3 nitrogen and oxygen atoms in total. The Labute approximate surface area is 279 Å². The van der Waals surface area contributed by atoms with Crippen molar-refractivity contribution in [1.82, 2.24) is 0 Å². The number of hydrogen-bond acceptors (Lipinski definition) is 3. The van der Waals surface area contributed by atoms with Gasteiger partial charge in [-0.2, -0.15) is 0 Å². The van der Waals surface area contributed by atoms with Crippen molar-refractivity contribution in [2.24, 2.45) is 0 Å². The second kappa shape index (κ2) is 11.0. The van der Waals surface area contributed by atoms with Crippen molar-refractivity contribution in [3.05, 3.63) is 131 Å². The third-order valence-corrected chi connectivity index (χ3v) is 11.5. The zero-order valence-corrected chi connectivity index (χ0v) is 27.8. The third kappa shape index (κ3) is 4.46. The van der Waals surface area contributed by atoms with Crippen molar-refractivity contribution >= 4 is 28.2 Å². The molecule has 47 heavy (non-hydrogen) atoms. The van der Waals surface area contributed by atoms with Gasteiger partial charge in [0.2, 0.25) is 0 Å². The van der Waals surface area contributed by atoms with Crippen molar-refractivity contribution in [3.8, 4) is 16.9 Å². The smallest absolute Gasteiger partial charge is 0.178 e. The lowest BCUT2D eigenvalue weighted by Crippen LogP contribution is -2.35. The van der Waals surface area contributed by atoms with Crippen LogP contribution in [0.1, 0.15) is 80.2 Å². The minimum atomic E-state index is -0.750. The molecule has 2 fully saturated rings. The van der Waals surface area contributed by atoms with E-state index < -0.39 is 5.60 Å². The average Bonchev–Trinajstić information content (AvgIpc) is 3.39. The van der Waals surface area contributed by atoms with Crippen molar-refractivity contribution in [2.45, 2.75) is 63.4 Å². The average molecular weight is 617 g/mol. The van der Waals surface area contributed by atoms with Gasteiger partial charge in [-0.15, -0.1) is 0 Å². The van der Waals surface area contributed by atoms with E-state index in [-0.39, 0.29) is 5.41 Å². The Morgan fingerprint density at radius 1 is 0.574 bits per heavy atom. The van der Waals surface area contributed by atoms with Crippen molar-refractivity contribution in [2.75, 3.05) is 36.0 Å². The monoisotopic (exact) mass is 616 g/mol. The largest absolute Gasteiger partial charge is 0.472 e. The number of hydrogen-bond donors (Lipinski definition) is 0. The summed E-state index contributed by atoms with van der Waals surface area (Å²) in [7, 11) is 0. The first kappa shape index (κ1) is 28.7. The number of rotatable bonds is 4. The normalized spacial score (nSPS) is 19.2. The fourth-order valence-electron chi connectivity index (χ4n) is 9.02. The van der Waals surface area contributed by atoms with Crippen LogP contribution in [0, 0.1) is 0 Å². The molecule has 0 radical (unpaired) electrons. The van der Waals surface area contributed by atoms with Crippen molar-refractivity contribution in [3.63, 3.8) is 0 Å². The van der Waals surface area contributed by atoms with Crippen LogP contribution >= 0.6 is 0 Å². The highest BCUT2D eigenvalue weighted by atomic mass is 16.5. The topological polar surface area (TPSA) is 15.7 Å². The van der Waals surface area contributed by atoms with Crippen molar-refractivity contribution in [1.29, 1.82) is 0 Å². The Morgan fingerprint density at radius 2 is 1.11 bits per heavy atom. The summed E-state index contributed by atoms with van der Waals surface area (Å²) in [6.45, 7) is 9.31. The van der Waals surface area contributed by atoms with Crippen LogP contribution in [0.15, 0.2) is 103 Å². The number of ether oxygens (including phenoxy) is 1. The number of piperidine rings is 2. The minimum absolute atomic E-state index is 0.139. The molecule has 5 aromatic carbocycles. The van der Waals surface area contributed by atoms with E-state index in [0.29, 0.717) is 0 Å². The van der Waals surface area contributed by atoms with Gasteiger partial charge in [-0.3, -0.25) is 0 Å². The Morgan fingerprint density at radius 3 is 1.70 bits per heavy atom. The Kier molecular flexibility index (Phi) is 6.75. The van der Waals surface area contributed by atoms with Gasteiger partial charge >= 0.3 is 0 Å². The van der Waals surface area contributed by atoms with E-state index in [1.165, 1.54) is 88.5 Å². The summed E-state index contributed by atoms with van der Waals surface area (Å²) in [5.74, 6) is 0.989. The maximum absolute atomic E-state index is 7.58. The fourth-order valence-corrected chi connectivity index (χ4v) is 9.02. The van der Waals surface area contributed by atoms with Gasteiger partial charge in [-0.05, 0) is 96.5 Å². The molecule has 2 saturated heterocycles. The highest BCUT2D eigenvalue weighted by Gasteiger charge is 2.44. The summed E-state index contributed by atoms with van der Waals surface area (Å²) in [5.41, 5.74) is 10.7. The molecule has 9 rings (SSSR count). The fraction of sp³-hybridized carbons (Fsp3) is 0.318. The molecule has 0 atom stereocenters. The number of fused-ring (bicyclic) bond motifs is 8. The van der Waals surface area contributed by atoms with Gasteiger partial charge in [0.1, 0.15) is 5.75 Å². The molecule has 0 aromatic heterocycles. The van der Waals surface area contributed by atoms with E-state index in [1.54, 1.807) is 0 Å². The second-order valence-electron chi connectivity index (χ2n) is 14.6. The van der Waals surface area contributed by atoms with Crippen molar-refractivity contribution < 1.29 is 4.74 Å². The maximum atomic E-state index is 7.58. The standard InChI is InChI=1S/C44H44N2O/c1-43(2)39-16-8-7-15-37(39)40-35-13-5-6-14-36(35)42-38(41(40)43)25-26-44(47-42,31-17-21-33(22-18-31)45-27-9-3-10-28-45)32-19-23-34(24-20-32)46-29-11-4-12-30-46/h5-8,13-26H,3-4,9-12,27-30H2,1-2H3. The van der Waals surface area contributed by atoms with Gasteiger partial charge < -0.3 is 14.5 Å². The molecule has 0 bridgehead atoms. The third-order valence-electron chi connectivity index (χ3n) is 11.5. The first-order chi connectivity index (χ1) is 23.0. The summed E-state index contributed by atoms with van der Waals surface area (Å²) in [5, 5.41) is 2.45. The quantitative estimate of drug-likeness (QED) is 0.200. The molecule has 3 aliphatic heterocycles. The second-order valence-corrected chi connectivity index (χ2v) is 14.6. The molecule has 0 N–H and O–H groups in total. The van der Waals surface area contributed by atoms with E-state index in [0.717, 1.165) is 43.1 Å². The van der Waals surface area contributed by atoms with Crippen LogP contribution in [0.25, 0.3) is 28.0 Å². The van der Waals surface area contributed by atoms with Crippen LogP contribution in [0.4, 0.5) is 11.4 Å². The summed E-state index contributed by atoms with van der Waals surface area (Å²) < 4.78 is 7.58. The molecule has 3 heteroatoms. The number of nitrogens with zero attached hydrogens (tertiary/aromatic N) is 2. The molecule has 4 aliphatic rings. The van der Waals surface area contributed by atoms with Crippen LogP contribution < -0.4 is 14.5 Å². The molecule has 0 amide bonds. The van der Waals surface area contributed by atoms with Gasteiger partial charge in [-0.25, -0.2) is 0 Å². The lowest BCUT2D eigenvalue weighted by Gasteiger charge is -2.39. The summed E-state index contributed by atoms with van der Waals surface area (Å²) in [6.07, 6.45) is 12.5. The molecule has 5 aromatic rings. The van der Waals surface area contributed by atoms with Crippen LogP contribution in [0.2, 0.25) is 0 Å². The number of anilines is 2. The Hall–Kier alpha value is -4.50. The van der Waals surface area contributed by atoms with Gasteiger partial charge in [0.25, 0.3) is 0 Å². The minimum Gasteiger partial charge on any atom is -0.472 e. The lowest BCUT2D eigenvalue weighted by molar-refractivity contribution is 0.163. The van der Waals surface area contributed by atoms with E-state index in [2.05, 4.69) is 133 Å². The van der Waals surface area contributed by atoms with Gasteiger partial charge in [0, 0.05) is 65.0 Å². The van der Waals surface area contributed by atoms with E-state index in [4.69, 9.17) is 4.74 Å². The zero-order valence-electron chi connectivity index (χ0n) is 27.8. The molecule has 3 heterocycles. The van der Waals surface area contributed by atoms with Gasteiger partial charge in [0.05, 0.1) is 0 Å². The highest BCUT2D eigenvalue weighted by molar-refractivity contribution is 6.08. The van der Waals surface area contributed by atoms with Crippen LogP contribution in [0.5, 0.6) is 5.75 Å². The molecule has 0 unspecified atom stereocenters. The van der Waals surface area contributed by atoms with Gasteiger partial charge in [0.15, 0.2) is 5.60 Å². The zero-order chi connectivity index (χ0) is 31.6. The lowest BCUT2D eigenvalue weighted by atomic mass is 9.77. The van der Waals surface area contributed by atoms with Crippen LogP contribution in [-0.2, 0) is 11.0 Å². The highest BCUT2D eigenvalue weighted by Crippen LogP contribution is 2.58. The van der Waals surface area contributed by atoms with Crippen LogP contribution in [-0.4, -0.2) is 26.2 Å². The summed E-state index contributed by atoms with van der Waals surface area (Å²) in [4.78, 5) is 5.08. The summed E-state index contributed by atoms with van der Waals surface area (Å²) >= 11 is 0. The molecule has 1 aliphatic carbocycles. The number of benzene rings is 5. The molecular formula is C44H44N2O. The predicted octanol–water partition coefficient (Wildman–Crippen LogP) is 10.5. The summed E-state index contributed by atoms with van der Waals surface area (Å²) in [6, 6.07) is 36.4. The first-order valence-corrected chi connectivity index (χ1v) is 17.8. The molecular weight excluding hydrogens is 572 g/mol. The van der Waals surface area contributed by atoms with E-state index in [9.17, 15) is 0 Å². The predicted molar refractivity (Wildman–Crippen MR) is 197 cm³/mol. The van der Waals surface area contributed by atoms with E-state index >= 15 is 0 Å². The molecule has 0 saturated carbocycles. The van der Waals surface area contributed by atoms with Crippen LogP contribution in [0.3, 0.4) is 0 Å². The Bertz CT molecular complexity index is 1930.